The first-order valence-electron chi connectivity index (χ1n) is 8.58. The Morgan fingerprint density at radius 3 is 2.50 bits per heavy atom. The van der Waals surface area contributed by atoms with Gasteiger partial charge in [0.25, 0.3) is 0 Å². The SMILES string of the molecule is OCCC(Nc1nc(-c2ccccc2)nc2ccccc12)c1cccs1. The van der Waals surface area contributed by atoms with Gasteiger partial charge in [0.1, 0.15) is 5.82 Å². The fraction of sp³-hybridized carbons (Fsp3) is 0.143. The summed E-state index contributed by atoms with van der Waals surface area (Å²) in [4.78, 5) is 10.7. The molecule has 0 amide bonds. The van der Waals surface area contributed by atoms with E-state index in [1.54, 1.807) is 11.3 Å². The largest absolute Gasteiger partial charge is 0.396 e. The van der Waals surface area contributed by atoms with Gasteiger partial charge in [-0.15, -0.1) is 11.3 Å². The van der Waals surface area contributed by atoms with E-state index in [4.69, 9.17) is 9.97 Å². The van der Waals surface area contributed by atoms with Crippen molar-refractivity contribution in [2.24, 2.45) is 0 Å². The van der Waals surface area contributed by atoms with E-state index in [9.17, 15) is 5.11 Å². The number of thiophene rings is 1. The van der Waals surface area contributed by atoms with Crippen molar-refractivity contribution in [2.45, 2.75) is 12.5 Å². The van der Waals surface area contributed by atoms with Crippen LogP contribution in [0.5, 0.6) is 0 Å². The molecule has 26 heavy (non-hydrogen) atoms. The highest BCUT2D eigenvalue weighted by Gasteiger charge is 2.16. The van der Waals surface area contributed by atoms with E-state index >= 15 is 0 Å². The van der Waals surface area contributed by atoms with Gasteiger partial charge in [0.15, 0.2) is 5.82 Å². The molecule has 0 saturated heterocycles. The number of aromatic nitrogens is 2. The summed E-state index contributed by atoms with van der Waals surface area (Å²) < 4.78 is 0. The molecule has 0 radical (unpaired) electrons. The number of hydrogen-bond acceptors (Lipinski definition) is 5. The first kappa shape index (κ1) is 16.7. The zero-order valence-corrected chi connectivity index (χ0v) is 15.0. The third-order valence-corrected chi connectivity index (χ3v) is 5.24. The summed E-state index contributed by atoms with van der Waals surface area (Å²) in [5, 5.41) is 16.1. The van der Waals surface area contributed by atoms with E-state index < -0.39 is 0 Å². The van der Waals surface area contributed by atoms with Crippen LogP contribution >= 0.6 is 11.3 Å². The van der Waals surface area contributed by atoms with Crippen molar-refractivity contribution in [1.82, 2.24) is 9.97 Å². The summed E-state index contributed by atoms with van der Waals surface area (Å²) in [6, 6.07) is 22.1. The zero-order valence-electron chi connectivity index (χ0n) is 14.2. The molecule has 4 nitrogen and oxygen atoms in total. The number of fused-ring (bicyclic) bond motifs is 1. The van der Waals surface area contributed by atoms with Gasteiger partial charge in [-0.2, -0.15) is 0 Å². The second-order valence-corrected chi connectivity index (χ2v) is 6.98. The van der Waals surface area contributed by atoms with Crippen molar-refractivity contribution in [3.05, 3.63) is 77.0 Å². The third kappa shape index (κ3) is 3.45. The van der Waals surface area contributed by atoms with Gasteiger partial charge < -0.3 is 10.4 Å². The van der Waals surface area contributed by atoms with Crippen molar-refractivity contribution >= 4 is 28.1 Å². The second kappa shape index (κ2) is 7.64. The average Bonchev–Trinajstić information content (AvgIpc) is 3.23. The minimum Gasteiger partial charge on any atom is -0.396 e. The molecule has 0 aliphatic rings. The number of benzene rings is 2. The number of aliphatic hydroxyl groups excluding tert-OH is 1. The summed E-state index contributed by atoms with van der Waals surface area (Å²) >= 11 is 1.68. The molecule has 0 saturated carbocycles. The van der Waals surface area contributed by atoms with Gasteiger partial charge in [-0.05, 0) is 30.0 Å². The number of hydrogen-bond donors (Lipinski definition) is 2. The van der Waals surface area contributed by atoms with E-state index in [0.717, 1.165) is 22.3 Å². The Morgan fingerprint density at radius 2 is 1.73 bits per heavy atom. The van der Waals surface area contributed by atoms with Crippen LogP contribution in [0.25, 0.3) is 22.3 Å². The lowest BCUT2D eigenvalue weighted by Gasteiger charge is -2.19. The lowest BCUT2D eigenvalue weighted by atomic mass is 10.1. The highest BCUT2D eigenvalue weighted by Crippen LogP contribution is 2.30. The van der Waals surface area contributed by atoms with Gasteiger partial charge >= 0.3 is 0 Å². The predicted molar refractivity (Wildman–Crippen MR) is 107 cm³/mol. The monoisotopic (exact) mass is 361 g/mol. The summed E-state index contributed by atoms with van der Waals surface area (Å²) in [7, 11) is 0. The quantitative estimate of drug-likeness (QED) is 0.513. The maximum absolute atomic E-state index is 9.49. The zero-order chi connectivity index (χ0) is 17.8. The summed E-state index contributed by atoms with van der Waals surface area (Å²) in [6.07, 6.45) is 0.625. The predicted octanol–water partition coefficient (Wildman–Crippen LogP) is 4.89. The Hall–Kier alpha value is -2.76. The maximum Gasteiger partial charge on any atom is 0.162 e. The highest BCUT2D eigenvalue weighted by atomic mass is 32.1. The highest BCUT2D eigenvalue weighted by molar-refractivity contribution is 7.10. The van der Waals surface area contributed by atoms with Crippen LogP contribution in [0, 0.1) is 0 Å². The molecule has 1 unspecified atom stereocenters. The van der Waals surface area contributed by atoms with Gasteiger partial charge in [-0.3, -0.25) is 0 Å². The van der Waals surface area contributed by atoms with E-state index in [2.05, 4.69) is 16.8 Å². The lowest BCUT2D eigenvalue weighted by molar-refractivity contribution is 0.280. The Morgan fingerprint density at radius 1 is 0.923 bits per heavy atom. The molecule has 4 rings (SSSR count). The molecule has 0 bridgehead atoms. The normalized spacial score (nSPS) is 12.2. The number of nitrogens with zero attached hydrogens (tertiary/aromatic N) is 2. The average molecular weight is 361 g/mol. The minimum absolute atomic E-state index is 0.0157. The van der Waals surface area contributed by atoms with Crippen LogP contribution in [-0.2, 0) is 0 Å². The van der Waals surface area contributed by atoms with Crippen LogP contribution in [-0.4, -0.2) is 21.7 Å². The van der Waals surface area contributed by atoms with Crippen LogP contribution < -0.4 is 5.32 Å². The Labute approximate surface area is 156 Å². The molecular formula is C21H19N3OS. The van der Waals surface area contributed by atoms with E-state index in [0.29, 0.717) is 12.2 Å². The summed E-state index contributed by atoms with van der Waals surface area (Å²) in [5.41, 5.74) is 1.88. The molecule has 4 aromatic rings. The van der Waals surface area contributed by atoms with E-state index in [1.165, 1.54) is 4.88 Å². The van der Waals surface area contributed by atoms with Crippen molar-refractivity contribution in [3.8, 4) is 11.4 Å². The minimum atomic E-state index is 0.0157. The number of rotatable bonds is 6. The number of anilines is 1. The molecule has 5 heteroatoms. The first-order chi connectivity index (χ1) is 12.8. The summed E-state index contributed by atoms with van der Waals surface area (Å²) in [5.74, 6) is 1.49. The molecule has 2 heterocycles. The van der Waals surface area contributed by atoms with Gasteiger partial charge in [0.05, 0.1) is 11.6 Å². The molecule has 0 spiro atoms. The van der Waals surface area contributed by atoms with Crippen molar-refractivity contribution < 1.29 is 5.11 Å². The second-order valence-electron chi connectivity index (χ2n) is 6.00. The fourth-order valence-corrected chi connectivity index (χ4v) is 3.78. The molecule has 0 fully saturated rings. The molecule has 130 valence electrons. The standard InChI is InChI=1S/C21H19N3OS/c25-13-12-18(19-11-6-14-26-19)23-21-16-9-4-5-10-17(16)22-20(24-21)15-7-2-1-3-8-15/h1-11,14,18,25H,12-13H2,(H,22,23,24). The smallest absolute Gasteiger partial charge is 0.162 e. The number of para-hydroxylation sites is 1. The Balaban J connectivity index is 1.80. The van der Waals surface area contributed by atoms with Crippen LogP contribution in [0.4, 0.5) is 5.82 Å². The van der Waals surface area contributed by atoms with Gasteiger partial charge in [0.2, 0.25) is 0 Å². The molecule has 2 aromatic heterocycles. The van der Waals surface area contributed by atoms with E-state index in [-0.39, 0.29) is 12.6 Å². The van der Waals surface area contributed by atoms with Gasteiger partial charge in [-0.25, -0.2) is 9.97 Å². The molecule has 2 N–H and O–H groups in total. The van der Waals surface area contributed by atoms with Crippen molar-refractivity contribution in [3.63, 3.8) is 0 Å². The summed E-state index contributed by atoms with van der Waals surface area (Å²) in [6.45, 7) is 0.115. The van der Waals surface area contributed by atoms with Crippen LogP contribution in [0.3, 0.4) is 0 Å². The molecule has 2 aromatic carbocycles. The topological polar surface area (TPSA) is 58.0 Å². The lowest BCUT2D eigenvalue weighted by Crippen LogP contribution is -2.13. The molecule has 0 aliphatic carbocycles. The Bertz CT molecular complexity index is 987. The van der Waals surface area contributed by atoms with E-state index in [1.807, 2.05) is 60.7 Å². The maximum atomic E-state index is 9.49. The molecular weight excluding hydrogens is 342 g/mol. The van der Waals surface area contributed by atoms with Crippen LogP contribution in [0.15, 0.2) is 72.1 Å². The van der Waals surface area contributed by atoms with Gasteiger partial charge in [0, 0.05) is 22.4 Å². The van der Waals surface area contributed by atoms with Crippen molar-refractivity contribution in [2.75, 3.05) is 11.9 Å². The van der Waals surface area contributed by atoms with Crippen LogP contribution in [0.1, 0.15) is 17.3 Å². The van der Waals surface area contributed by atoms with Crippen molar-refractivity contribution in [1.29, 1.82) is 0 Å². The first-order valence-corrected chi connectivity index (χ1v) is 9.46. The number of nitrogens with one attached hydrogen (secondary N) is 1. The third-order valence-electron chi connectivity index (χ3n) is 4.25. The molecule has 1 atom stereocenters. The fourth-order valence-electron chi connectivity index (χ4n) is 2.97. The molecule has 0 aliphatic heterocycles. The number of aliphatic hydroxyl groups is 1. The van der Waals surface area contributed by atoms with Crippen LogP contribution in [0.2, 0.25) is 0 Å². The van der Waals surface area contributed by atoms with Gasteiger partial charge in [-0.1, -0.05) is 48.5 Å². The Kier molecular flexibility index (Phi) is 4.91.